The second-order valence-electron chi connectivity index (χ2n) is 2.66. The fourth-order valence-corrected chi connectivity index (χ4v) is 1.16. The van der Waals surface area contributed by atoms with Crippen LogP contribution in [-0.2, 0) is 9.78 Å². The Bertz CT molecular complexity index is 234. The van der Waals surface area contributed by atoms with Crippen LogP contribution in [0.4, 0.5) is 0 Å². The van der Waals surface area contributed by atoms with E-state index in [1.54, 1.807) is 18.5 Å². The van der Waals surface area contributed by atoms with Crippen LogP contribution in [-0.4, -0.2) is 16.6 Å². The van der Waals surface area contributed by atoms with Crippen LogP contribution in [0.25, 0.3) is 0 Å². The second kappa shape index (κ2) is 3.60. The lowest BCUT2D eigenvalue weighted by Gasteiger charge is -2.19. The van der Waals surface area contributed by atoms with Crippen molar-refractivity contribution >= 4 is 0 Å². The molecule has 0 bridgehead atoms. The van der Waals surface area contributed by atoms with Gasteiger partial charge in [0.1, 0.15) is 0 Å². The maximum atomic E-state index is 5.04. The van der Waals surface area contributed by atoms with E-state index in [0.717, 1.165) is 12.8 Å². The highest BCUT2D eigenvalue weighted by Gasteiger charge is 2.19. The SMILES string of the molecule is c1cnc(C2CCCOO2)nc1. The molecular formula is C8H10N2O2. The van der Waals surface area contributed by atoms with Crippen molar-refractivity contribution < 1.29 is 9.78 Å². The third kappa shape index (κ3) is 1.60. The van der Waals surface area contributed by atoms with Gasteiger partial charge in [-0.3, -0.25) is 0 Å². The molecule has 1 atom stereocenters. The van der Waals surface area contributed by atoms with Crippen LogP contribution >= 0.6 is 0 Å². The smallest absolute Gasteiger partial charge is 0.160 e. The summed E-state index contributed by atoms with van der Waals surface area (Å²) in [5, 5.41) is 0. The Balaban J connectivity index is 2.08. The minimum atomic E-state index is -0.0834. The van der Waals surface area contributed by atoms with Gasteiger partial charge >= 0.3 is 0 Å². The molecule has 1 aliphatic heterocycles. The molecule has 0 radical (unpaired) electrons. The molecule has 1 aliphatic rings. The zero-order valence-electron chi connectivity index (χ0n) is 6.64. The van der Waals surface area contributed by atoms with Crippen molar-refractivity contribution in [3.05, 3.63) is 24.3 Å². The van der Waals surface area contributed by atoms with Crippen molar-refractivity contribution in [3.63, 3.8) is 0 Å². The average Bonchev–Trinajstić information content (AvgIpc) is 2.21. The Kier molecular flexibility index (Phi) is 2.29. The van der Waals surface area contributed by atoms with Gasteiger partial charge in [0.05, 0.1) is 6.61 Å². The third-order valence-electron chi connectivity index (χ3n) is 1.75. The summed E-state index contributed by atoms with van der Waals surface area (Å²) >= 11 is 0. The maximum Gasteiger partial charge on any atom is 0.160 e. The molecule has 4 heteroatoms. The minimum absolute atomic E-state index is 0.0834. The summed E-state index contributed by atoms with van der Waals surface area (Å²) in [6.07, 6.45) is 5.27. The average molecular weight is 166 g/mol. The lowest BCUT2D eigenvalue weighted by Crippen LogP contribution is -2.15. The van der Waals surface area contributed by atoms with E-state index in [-0.39, 0.29) is 6.10 Å². The van der Waals surface area contributed by atoms with Crippen molar-refractivity contribution in [2.75, 3.05) is 6.61 Å². The van der Waals surface area contributed by atoms with Gasteiger partial charge in [0.2, 0.25) is 0 Å². The van der Waals surface area contributed by atoms with Gasteiger partial charge in [-0.15, -0.1) is 0 Å². The zero-order chi connectivity index (χ0) is 8.23. The fourth-order valence-electron chi connectivity index (χ4n) is 1.16. The molecule has 64 valence electrons. The van der Waals surface area contributed by atoms with Gasteiger partial charge < -0.3 is 0 Å². The van der Waals surface area contributed by atoms with E-state index in [0.29, 0.717) is 12.4 Å². The van der Waals surface area contributed by atoms with Crippen molar-refractivity contribution in [2.45, 2.75) is 18.9 Å². The summed E-state index contributed by atoms with van der Waals surface area (Å²) in [7, 11) is 0. The molecule has 0 N–H and O–H groups in total. The predicted octanol–water partition coefficient (Wildman–Crippen LogP) is 1.26. The molecule has 1 fully saturated rings. The van der Waals surface area contributed by atoms with Crippen LogP contribution < -0.4 is 0 Å². The van der Waals surface area contributed by atoms with E-state index in [1.165, 1.54) is 0 Å². The first-order valence-electron chi connectivity index (χ1n) is 4.02. The van der Waals surface area contributed by atoms with Crippen molar-refractivity contribution in [2.24, 2.45) is 0 Å². The normalized spacial score (nSPS) is 23.8. The Morgan fingerprint density at radius 2 is 2.17 bits per heavy atom. The maximum absolute atomic E-state index is 5.04. The highest BCUT2D eigenvalue weighted by Crippen LogP contribution is 2.22. The summed E-state index contributed by atoms with van der Waals surface area (Å²) in [4.78, 5) is 18.1. The minimum Gasteiger partial charge on any atom is -0.238 e. The molecule has 2 rings (SSSR count). The van der Waals surface area contributed by atoms with E-state index in [4.69, 9.17) is 9.78 Å². The summed E-state index contributed by atoms with van der Waals surface area (Å²) < 4.78 is 0. The molecular weight excluding hydrogens is 156 g/mol. The molecule has 0 amide bonds. The van der Waals surface area contributed by atoms with Crippen LogP contribution in [0.1, 0.15) is 24.8 Å². The first-order chi connectivity index (χ1) is 5.97. The number of hydrogen-bond donors (Lipinski definition) is 0. The molecule has 1 aromatic heterocycles. The van der Waals surface area contributed by atoms with Crippen LogP contribution in [0.5, 0.6) is 0 Å². The molecule has 2 heterocycles. The van der Waals surface area contributed by atoms with Crippen LogP contribution in [0.2, 0.25) is 0 Å². The lowest BCUT2D eigenvalue weighted by molar-refractivity contribution is -0.349. The number of aromatic nitrogens is 2. The van der Waals surface area contributed by atoms with Gasteiger partial charge in [-0.1, -0.05) is 0 Å². The molecule has 0 saturated carbocycles. The third-order valence-corrected chi connectivity index (χ3v) is 1.75. The Morgan fingerprint density at radius 3 is 2.83 bits per heavy atom. The molecule has 0 spiro atoms. The monoisotopic (exact) mass is 166 g/mol. The molecule has 1 aromatic rings. The zero-order valence-corrected chi connectivity index (χ0v) is 6.64. The van der Waals surface area contributed by atoms with Crippen LogP contribution in [0.15, 0.2) is 18.5 Å². The lowest BCUT2D eigenvalue weighted by atomic mass is 10.2. The molecule has 0 aromatic carbocycles. The molecule has 1 unspecified atom stereocenters. The van der Waals surface area contributed by atoms with Crippen LogP contribution in [0.3, 0.4) is 0 Å². The van der Waals surface area contributed by atoms with Gasteiger partial charge in [-0.05, 0) is 18.9 Å². The van der Waals surface area contributed by atoms with Crippen molar-refractivity contribution in [3.8, 4) is 0 Å². The van der Waals surface area contributed by atoms with Gasteiger partial charge in [0.25, 0.3) is 0 Å². The second-order valence-corrected chi connectivity index (χ2v) is 2.66. The Hall–Kier alpha value is -1.00. The summed E-state index contributed by atoms with van der Waals surface area (Å²) in [5.74, 6) is 0.706. The standard InChI is InChI=1S/C8H10N2O2/c1-3-7(12-11-6-1)8-9-4-2-5-10-8/h2,4-5,7H,1,3,6H2. The first-order valence-corrected chi connectivity index (χ1v) is 4.02. The predicted molar refractivity (Wildman–Crippen MR) is 41.0 cm³/mol. The Morgan fingerprint density at radius 1 is 1.33 bits per heavy atom. The quantitative estimate of drug-likeness (QED) is 0.589. The van der Waals surface area contributed by atoms with E-state index >= 15 is 0 Å². The first kappa shape index (κ1) is 7.64. The number of nitrogens with zero attached hydrogens (tertiary/aromatic N) is 2. The van der Waals surface area contributed by atoms with E-state index < -0.39 is 0 Å². The molecule has 0 aliphatic carbocycles. The van der Waals surface area contributed by atoms with Gasteiger partial charge in [0.15, 0.2) is 11.9 Å². The molecule has 12 heavy (non-hydrogen) atoms. The topological polar surface area (TPSA) is 44.2 Å². The van der Waals surface area contributed by atoms with Crippen molar-refractivity contribution in [1.29, 1.82) is 0 Å². The fraction of sp³-hybridized carbons (Fsp3) is 0.500. The largest absolute Gasteiger partial charge is 0.238 e. The summed E-state index contributed by atoms with van der Waals surface area (Å²) in [6.45, 7) is 0.670. The molecule has 1 saturated heterocycles. The molecule has 4 nitrogen and oxygen atoms in total. The van der Waals surface area contributed by atoms with Crippen LogP contribution in [0, 0.1) is 0 Å². The summed E-state index contributed by atoms with van der Waals surface area (Å²) in [6, 6.07) is 1.78. The highest BCUT2D eigenvalue weighted by molar-refractivity contribution is 4.93. The number of rotatable bonds is 1. The van der Waals surface area contributed by atoms with E-state index in [1.807, 2.05) is 0 Å². The van der Waals surface area contributed by atoms with Crippen molar-refractivity contribution in [1.82, 2.24) is 9.97 Å². The van der Waals surface area contributed by atoms with E-state index in [2.05, 4.69) is 9.97 Å². The Labute approximate surface area is 70.5 Å². The van der Waals surface area contributed by atoms with E-state index in [9.17, 15) is 0 Å². The summed E-state index contributed by atoms with van der Waals surface area (Å²) in [5.41, 5.74) is 0. The van der Waals surface area contributed by atoms with Gasteiger partial charge in [-0.2, -0.15) is 0 Å². The van der Waals surface area contributed by atoms with Gasteiger partial charge in [0, 0.05) is 12.4 Å². The number of hydrogen-bond acceptors (Lipinski definition) is 4. The highest BCUT2D eigenvalue weighted by atomic mass is 17.2. The van der Waals surface area contributed by atoms with Gasteiger partial charge in [-0.25, -0.2) is 19.7 Å².